The quantitative estimate of drug-likeness (QED) is 0.655. The fourth-order valence-corrected chi connectivity index (χ4v) is 2.17. The summed E-state index contributed by atoms with van der Waals surface area (Å²) in [4.78, 5) is 0. The molecular weight excluding hydrogens is 211 g/mol. The summed E-state index contributed by atoms with van der Waals surface area (Å²) in [6.07, 6.45) is 3.04. The lowest BCUT2D eigenvalue weighted by Crippen LogP contribution is -2.21. The van der Waals surface area contributed by atoms with Gasteiger partial charge in [0.2, 0.25) is 0 Å². The van der Waals surface area contributed by atoms with Gasteiger partial charge in [-0.25, -0.2) is 4.39 Å². The van der Waals surface area contributed by atoms with Gasteiger partial charge in [0, 0.05) is 5.88 Å². The van der Waals surface area contributed by atoms with Crippen molar-refractivity contribution in [3.05, 3.63) is 35.6 Å². The molecule has 1 unspecified atom stereocenters. The van der Waals surface area contributed by atoms with Crippen LogP contribution in [0.5, 0.6) is 0 Å². The van der Waals surface area contributed by atoms with Crippen LogP contribution in [-0.2, 0) is 6.42 Å². The van der Waals surface area contributed by atoms with Crippen molar-refractivity contribution in [2.24, 2.45) is 5.41 Å². The average molecular weight is 229 g/mol. The highest BCUT2D eigenvalue weighted by atomic mass is 35.5. The Morgan fingerprint density at radius 3 is 2.67 bits per heavy atom. The van der Waals surface area contributed by atoms with Crippen molar-refractivity contribution >= 4 is 11.6 Å². The summed E-state index contributed by atoms with van der Waals surface area (Å²) in [6, 6.07) is 6.79. The summed E-state index contributed by atoms with van der Waals surface area (Å²) >= 11 is 5.98. The normalized spacial score (nSPS) is 14.9. The molecule has 0 N–H and O–H groups in total. The molecule has 0 aliphatic heterocycles. The van der Waals surface area contributed by atoms with Crippen molar-refractivity contribution in [2.45, 2.75) is 33.1 Å². The lowest BCUT2D eigenvalue weighted by molar-refractivity contribution is 0.334. The van der Waals surface area contributed by atoms with E-state index in [4.69, 9.17) is 11.6 Å². The molecule has 1 aromatic rings. The highest BCUT2D eigenvalue weighted by Crippen LogP contribution is 2.29. The Morgan fingerprint density at radius 2 is 2.13 bits per heavy atom. The Labute approximate surface area is 96.5 Å². The van der Waals surface area contributed by atoms with Crippen LogP contribution in [-0.4, -0.2) is 5.88 Å². The Balaban J connectivity index is 2.74. The zero-order valence-corrected chi connectivity index (χ0v) is 10.1. The van der Waals surface area contributed by atoms with E-state index in [9.17, 15) is 4.39 Å². The van der Waals surface area contributed by atoms with E-state index in [1.165, 1.54) is 6.07 Å². The zero-order chi connectivity index (χ0) is 11.3. The minimum absolute atomic E-state index is 0.0874. The van der Waals surface area contributed by atoms with E-state index in [1.54, 1.807) is 12.1 Å². The van der Waals surface area contributed by atoms with Crippen molar-refractivity contribution in [1.29, 1.82) is 0 Å². The summed E-state index contributed by atoms with van der Waals surface area (Å²) in [6.45, 7) is 4.31. The predicted molar refractivity (Wildman–Crippen MR) is 63.8 cm³/mol. The molecule has 0 fully saturated rings. The van der Waals surface area contributed by atoms with Crippen molar-refractivity contribution in [2.75, 3.05) is 5.88 Å². The lowest BCUT2D eigenvalue weighted by Gasteiger charge is -2.26. The highest BCUT2D eigenvalue weighted by Gasteiger charge is 2.22. The molecule has 0 saturated carbocycles. The molecule has 0 aliphatic rings. The molecule has 0 aliphatic carbocycles. The Kier molecular flexibility index (Phi) is 4.59. The fourth-order valence-electron chi connectivity index (χ4n) is 1.95. The molecule has 0 heterocycles. The zero-order valence-electron chi connectivity index (χ0n) is 9.39. The van der Waals surface area contributed by atoms with E-state index in [-0.39, 0.29) is 11.2 Å². The average Bonchev–Trinajstić information content (AvgIpc) is 2.18. The van der Waals surface area contributed by atoms with Gasteiger partial charge in [-0.3, -0.25) is 0 Å². The van der Waals surface area contributed by atoms with Gasteiger partial charge >= 0.3 is 0 Å². The Bertz CT molecular complexity index is 311. The van der Waals surface area contributed by atoms with Gasteiger partial charge in [-0.2, -0.15) is 0 Å². The standard InChI is InChI=1S/C13H18ClF/c1-3-7-13(2,10-14)9-11-5-4-6-12(15)8-11/h4-6,8H,3,7,9-10H2,1-2H3. The molecule has 0 saturated heterocycles. The van der Waals surface area contributed by atoms with Crippen LogP contribution in [0.25, 0.3) is 0 Å². The number of halogens is 2. The van der Waals surface area contributed by atoms with Crippen LogP contribution >= 0.6 is 11.6 Å². The molecule has 0 spiro atoms. The molecule has 1 rings (SSSR count). The first-order valence-corrected chi connectivity index (χ1v) is 5.93. The van der Waals surface area contributed by atoms with Gasteiger partial charge in [0.05, 0.1) is 0 Å². The van der Waals surface area contributed by atoms with Crippen LogP contribution in [0.4, 0.5) is 4.39 Å². The van der Waals surface area contributed by atoms with Gasteiger partial charge in [-0.05, 0) is 36.0 Å². The first-order valence-electron chi connectivity index (χ1n) is 5.40. The SMILES string of the molecule is CCCC(C)(CCl)Cc1cccc(F)c1. The fraction of sp³-hybridized carbons (Fsp3) is 0.538. The molecule has 1 aromatic carbocycles. The van der Waals surface area contributed by atoms with Crippen LogP contribution in [0.15, 0.2) is 24.3 Å². The molecule has 0 bridgehead atoms. The molecule has 0 aromatic heterocycles. The summed E-state index contributed by atoms with van der Waals surface area (Å²) in [5, 5.41) is 0. The first-order chi connectivity index (χ1) is 7.09. The van der Waals surface area contributed by atoms with Crippen molar-refractivity contribution < 1.29 is 4.39 Å². The smallest absolute Gasteiger partial charge is 0.123 e. The topological polar surface area (TPSA) is 0 Å². The summed E-state index contributed by atoms with van der Waals surface area (Å²) in [5.41, 5.74) is 1.12. The molecule has 0 nitrogen and oxygen atoms in total. The maximum Gasteiger partial charge on any atom is 0.123 e. The van der Waals surface area contributed by atoms with E-state index >= 15 is 0 Å². The Morgan fingerprint density at radius 1 is 1.40 bits per heavy atom. The second kappa shape index (κ2) is 5.50. The van der Waals surface area contributed by atoms with Crippen molar-refractivity contribution in [3.63, 3.8) is 0 Å². The largest absolute Gasteiger partial charge is 0.207 e. The minimum atomic E-state index is -0.166. The number of hydrogen-bond acceptors (Lipinski definition) is 0. The number of benzene rings is 1. The maximum absolute atomic E-state index is 13.0. The third-order valence-electron chi connectivity index (χ3n) is 2.70. The molecule has 2 heteroatoms. The van der Waals surface area contributed by atoms with E-state index in [0.717, 1.165) is 24.8 Å². The van der Waals surface area contributed by atoms with Gasteiger partial charge in [0.1, 0.15) is 5.82 Å². The van der Waals surface area contributed by atoms with Gasteiger partial charge in [0.25, 0.3) is 0 Å². The lowest BCUT2D eigenvalue weighted by atomic mass is 9.81. The summed E-state index contributed by atoms with van der Waals surface area (Å²) in [7, 11) is 0. The van der Waals surface area contributed by atoms with E-state index in [2.05, 4.69) is 13.8 Å². The summed E-state index contributed by atoms with van der Waals surface area (Å²) in [5.74, 6) is 0.457. The van der Waals surface area contributed by atoms with Crippen molar-refractivity contribution in [1.82, 2.24) is 0 Å². The first kappa shape index (κ1) is 12.5. The predicted octanol–water partition coefficient (Wildman–Crippen LogP) is 4.41. The van der Waals surface area contributed by atoms with Crippen LogP contribution < -0.4 is 0 Å². The number of hydrogen-bond donors (Lipinski definition) is 0. The third-order valence-corrected chi connectivity index (χ3v) is 3.34. The molecular formula is C13H18ClF. The van der Waals surface area contributed by atoms with Gasteiger partial charge in [-0.15, -0.1) is 11.6 Å². The number of rotatable bonds is 5. The minimum Gasteiger partial charge on any atom is -0.207 e. The van der Waals surface area contributed by atoms with Crippen LogP contribution in [0.2, 0.25) is 0 Å². The monoisotopic (exact) mass is 228 g/mol. The number of alkyl halides is 1. The second-order valence-electron chi connectivity index (χ2n) is 4.50. The molecule has 1 atom stereocenters. The highest BCUT2D eigenvalue weighted by molar-refractivity contribution is 6.18. The van der Waals surface area contributed by atoms with Crippen LogP contribution in [0, 0.1) is 11.2 Å². The van der Waals surface area contributed by atoms with E-state index < -0.39 is 0 Å². The third kappa shape index (κ3) is 3.83. The van der Waals surface area contributed by atoms with Gasteiger partial charge in [0.15, 0.2) is 0 Å². The maximum atomic E-state index is 13.0. The Hall–Kier alpha value is -0.560. The van der Waals surface area contributed by atoms with E-state index in [1.807, 2.05) is 6.07 Å². The molecule has 0 amide bonds. The summed E-state index contributed by atoms with van der Waals surface area (Å²) < 4.78 is 13.0. The molecule has 84 valence electrons. The molecule has 15 heavy (non-hydrogen) atoms. The van der Waals surface area contributed by atoms with Gasteiger partial charge < -0.3 is 0 Å². The second-order valence-corrected chi connectivity index (χ2v) is 4.77. The van der Waals surface area contributed by atoms with Crippen LogP contribution in [0.1, 0.15) is 32.3 Å². The van der Waals surface area contributed by atoms with Crippen LogP contribution in [0.3, 0.4) is 0 Å². The van der Waals surface area contributed by atoms with Gasteiger partial charge in [-0.1, -0.05) is 32.4 Å². The molecule has 0 radical (unpaired) electrons. The van der Waals surface area contributed by atoms with E-state index in [0.29, 0.717) is 5.88 Å². The van der Waals surface area contributed by atoms with Crippen molar-refractivity contribution in [3.8, 4) is 0 Å².